The molecule has 1 heterocycles. The van der Waals surface area contributed by atoms with Crippen LogP contribution in [0.1, 0.15) is 19.0 Å². The molecule has 0 radical (unpaired) electrons. The van der Waals surface area contributed by atoms with Crippen molar-refractivity contribution in [3.8, 4) is 0 Å². The third-order valence-corrected chi connectivity index (χ3v) is 3.52. The molecular formula is C12H13ClN2OS. The van der Waals surface area contributed by atoms with E-state index in [1.807, 2.05) is 23.6 Å². The van der Waals surface area contributed by atoms with Gasteiger partial charge in [0.15, 0.2) is 5.13 Å². The number of anilines is 1. The molecule has 1 amide bonds. The lowest BCUT2D eigenvalue weighted by atomic mass is 9.98. The molecule has 5 heteroatoms. The number of halogens is 1. The molecule has 1 aliphatic carbocycles. The Balaban J connectivity index is 2.04. The highest BCUT2D eigenvalue weighted by Gasteiger charge is 2.13. The number of aromatic nitrogens is 1. The van der Waals surface area contributed by atoms with Gasteiger partial charge in [-0.2, -0.15) is 0 Å². The minimum absolute atomic E-state index is 0.108. The maximum absolute atomic E-state index is 11.9. The van der Waals surface area contributed by atoms with E-state index in [0.717, 1.165) is 12.1 Å². The zero-order chi connectivity index (χ0) is 12.3. The SMILES string of the molecule is CC1C=C(C(=O)Nc2nc(CCl)cs2)C=CC1. The van der Waals surface area contributed by atoms with Gasteiger partial charge >= 0.3 is 0 Å². The van der Waals surface area contributed by atoms with Gasteiger partial charge in [0, 0.05) is 11.0 Å². The Morgan fingerprint density at radius 2 is 2.53 bits per heavy atom. The summed E-state index contributed by atoms with van der Waals surface area (Å²) in [5.41, 5.74) is 1.49. The van der Waals surface area contributed by atoms with E-state index in [4.69, 9.17) is 11.6 Å². The molecule has 1 aromatic heterocycles. The monoisotopic (exact) mass is 268 g/mol. The molecule has 0 saturated carbocycles. The van der Waals surface area contributed by atoms with Crippen LogP contribution in [0.5, 0.6) is 0 Å². The predicted molar refractivity (Wildman–Crippen MR) is 71.3 cm³/mol. The first-order valence-corrected chi connectivity index (χ1v) is 6.80. The van der Waals surface area contributed by atoms with Crippen molar-refractivity contribution < 1.29 is 4.79 Å². The van der Waals surface area contributed by atoms with Gasteiger partial charge < -0.3 is 0 Å². The number of thiazole rings is 1. The molecular weight excluding hydrogens is 256 g/mol. The van der Waals surface area contributed by atoms with E-state index in [1.165, 1.54) is 11.3 Å². The number of amides is 1. The van der Waals surface area contributed by atoms with Crippen LogP contribution < -0.4 is 5.32 Å². The summed E-state index contributed by atoms with van der Waals surface area (Å²) in [6, 6.07) is 0. The van der Waals surface area contributed by atoms with Gasteiger partial charge in [0.2, 0.25) is 0 Å². The smallest absolute Gasteiger partial charge is 0.257 e. The number of carbonyl (C=O) groups is 1. The van der Waals surface area contributed by atoms with Crippen LogP contribution in [0.2, 0.25) is 0 Å². The first-order valence-electron chi connectivity index (χ1n) is 5.39. The van der Waals surface area contributed by atoms with E-state index in [2.05, 4.69) is 17.2 Å². The molecule has 17 heavy (non-hydrogen) atoms. The summed E-state index contributed by atoms with van der Waals surface area (Å²) in [7, 11) is 0. The fraction of sp³-hybridized carbons (Fsp3) is 0.333. The van der Waals surface area contributed by atoms with E-state index in [1.54, 1.807) is 0 Å². The second-order valence-corrected chi connectivity index (χ2v) is 5.09. The van der Waals surface area contributed by atoms with Gasteiger partial charge in [-0.3, -0.25) is 10.1 Å². The zero-order valence-corrected chi connectivity index (χ0v) is 11.0. The number of nitrogens with one attached hydrogen (secondary N) is 1. The molecule has 90 valence electrons. The van der Waals surface area contributed by atoms with Gasteiger partial charge in [-0.05, 0) is 12.3 Å². The number of allylic oxidation sites excluding steroid dienone is 2. The van der Waals surface area contributed by atoms with Crippen molar-refractivity contribution in [1.29, 1.82) is 0 Å². The van der Waals surface area contributed by atoms with Gasteiger partial charge in [-0.1, -0.05) is 25.2 Å². The average molecular weight is 269 g/mol. The lowest BCUT2D eigenvalue weighted by Crippen LogP contribution is -2.15. The topological polar surface area (TPSA) is 42.0 Å². The number of nitrogens with zero attached hydrogens (tertiary/aromatic N) is 1. The van der Waals surface area contributed by atoms with Crippen molar-refractivity contribution in [1.82, 2.24) is 4.98 Å². The molecule has 3 nitrogen and oxygen atoms in total. The Hall–Kier alpha value is -1.13. The highest BCUT2D eigenvalue weighted by molar-refractivity contribution is 7.14. The molecule has 0 bridgehead atoms. The average Bonchev–Trinajstić information content (AvgIpc) is 2.77. The molecule has 0 fully saturated rings. The zero-order valence-electron chi connectivity index (χ0n) is 9.44. The summed E-state index contributed by atoms with van der Waals surface area (Å²) in [4.78, 5) is 16.1. The van der Waals surface area contributed by atoms with Crippen molar-refractivity contribution in [3.63, 3.8) is 0 Å². The van der Waals surface area contributed by atoms with E-state index in [0.29, 0.717) is 22.5 Å². The van der Waals surface area contributed by atoms with Crippen LogP contribution in [0, 0.1) is 5.92 Å². The summed E-state index contributed by atoms with van der Waals surface area (Å²) >= 11 is 7.04. The lowest BCUT2D eigenvalue weighted by Gasteiger charge is -2.11. The molecule has 0 saturated heterocycles. The molecule has 1 atom stereocenters. The molecule has 1 N–H and O–H groups in total. The van der Waals surface area contributed by atoms with Crippen molar-refractivity contribution in [2.45, 2.75) is 19.2 Å². The van der Waals surface area contributed by atoms with E-state index >= 15 is 0 Å². The van der Waals surface area contributed by atoms with Crippen molar-refractivity contribution >= 4 is 34.0 Å². The quantitative estimate of drug-likeness (QED) is 0.855. The number of alkyl halides is 1. The standard InChI is InChI=1S/C12H13ClN2OS/c1-8-3-2-4-9(5-8)11(16)15-12-14-10(6-13)7-17-12/h2,4-5,7-8H,3,6H2,1H3,(H,14,15,16). The minimum Gasteiger partial charge on any atom is -0.298 e. The highest BCUT2D eigenvalue weighted by atomic mass is 35.5. The normalized spacial score (nSPS) is 18.9. The largest absolute Gasteiger partial charge is 0.298 e. The summed E-state index contributed by atoms with van der Waals surface area (Å²) < 4.78 is 0. The summed E-state index contributed by atoms with van der Waals surface area (Å²) in [5.74, 6) is 0.671. The molecule has 1 aromatic rings. The number of carbonyl (C=O) groups excluding carboxylic acids is 1. The van der Waals surface area contributed by atoms with E-state index in [-0.39, 0.29) is 5.91 Å². The summed E-state index contributed by atoms with van der Waals surface area (Å²) in [6.07, 6.45) is 6.84. The van der Waals surface area contributed by atoms with Crippen molar-refractivity contribution in [3.05, 3.63) is 34.9 Å². The molecule has 0 aliphatic heterocycles. The van der Waals surface area contributed by atoms with Crippen LogP contribution in [0.3, 0.4) is 0 Å². The van der Waals surface area contributed by atoms with Gasteiger partial charge in [0.25, 0.3) is 5.91 Å². The fourth-order valence-electron chi connectivity index (χ4n) is 1.59. The van der Waals surface area contributed by atoms with Gasteiger partial charge in [-0.25, -0.2) is 4.98 Å². The third kappa shape index (κ3) is 3.17. The second-order valence-electron chi connectivity index (χ2n) is 3.97. The summed E-state index contributed by atoms with van der Waals surface area (Å²) in [6.45, 7) is 2.09. The van der Waals surface area contributed by atoms with Gasteiger partial charge in [-0.15, -0.1) is 22.9 Å². The molecule has 1 aliphatic rings. The van der Waals surface area contributed by atoms with Crippen LogP contribution in [0.25, 0.3) is 0 Å². The maximum Gasteiger partial charge on any atom is 0.257 e. The number of hydrogen-bond acceptors (Lipinski definition) is 3. The Kier molecular flexibility index (Phi) is 3.97. The fourth-order valence-corrected chi connectivity index (χ4v) is 2.52. The Labute approximate surface area is 109 Å². The Bertz CT molecular complexity index is 479. The number of rotatable bonds is 3. The van der Waals surface area contributed by atoms with E-state index < -0.39 is 0 Å². The maximum atomic E-state index is 11.9. The molecule has 2 rings (SSSR count). The first kappa shape index (κ1) is 12.3. The first-order chi connectivity index (χ1) is 8.19. The third-order valence-electron chi connectivity index (χ3n) is 2.44. The van der Waals surface area contributed by atoms with Gasteiger partial charge in [0.05, 0.1) is 11.6 Å². The predicted octanol–water partition coefficient (Wildman–Crippen LogP) is 3.34. The molecule has 1 unspecified atom stereocenters. The van der Waals surface area contributed by atoms with Crippen LogP contribution in [0.4, 0.5) is 5.13 Å². The second kappa shape index (κ2) is 5.47. The van der Waals surface area contributed by atoms with Crippen LogP contribution in [0.15, 0.2) is 29.2 Å². The van der Waals surface area contributed by atoms with Gasteiger partial charge in [0.1, 0.15) is 0 Å². The van der Waals surface area contributed by atoms with Crippen LogP contribution in [-0.2, 0) is 10.7 Å². The lowest BCUT2D eigenvalue weighted by molar-refractivity contribution is -0.112. The Morgan fingerprint density at radius 1 is 1.71 bits per heavy atom. The van der Waals surface area contributed by atoms with Crippen LogP contribution in [-0.4, -0.2) is 10.9 Å². The van der Waals surface area contributed by atoms with E-state index in [9.17, 15) is 4.79 Å². The number of hydrogen-bond donors (Lipinski definition) is 1. The summed E-state index contributed by atoms with van der Waals surface area (Å²) in [5, 5.41) is 5.22. The highest BCUT2D eigenvalue weighted by Crippen LogP contribution is 2.20. The Morgan fingerprint density at radius 3 is 3.18 bits per heavy atom. The van der Waals surface area contributed by atoms with Crippen LogP contribution >= 0.6 is 22.9 Å². The molecule has 0 aromatic carbocycles. The minimum atomic E-state index is -0.108. The molecule has 0 spiro atoms. The van der Waals surface area contributed by atoms with Crippen molar-refractivity contribution in [2.24, 2.45) is 5.92 Å². The van der Waals surface area contributed by atoms with Crippen molar-refractivity contribution in [2.75, 3.05) is 5.32 Å².